The molecule has 1 radical (unpaired) electrons. The third kappa shape index (κ3) is 4.12. The van der Waals surface area contributed by atoms with E-state index in [2.05, 4.69) is 27.7 Å². The van der Waals surface area contributed by atoms with Crippen LogP contribution >= 0.6 is 11.6 Å². The Morgan fingerprint density at radius 3 is 2.00 bits per heavy atom. The Balaban J connectivity index is 2.52. The van der Waals surface area contributed by atoms with Crippen LogP contribution in [0.4, 0.5) is 0 Å². The summed E-state index contributed by atoms with van der Waals surface area (Å²) in [6.07, 6.45) is 0. The van der Waals surface area contributed by atoms with Gasteiger partial charge in [0.25, 0.3) is 0 Å². The Morgan fingerprint density at radius 2 is 1.56 bits per heavy atom. The third-order valence-electron chi connectivity index (χ3n) is 2.31. The maximum absolute atomic E-state index is 5.82. The van der Waals surface area contributed by atoms with Crippen molar-refractivity contribution in [3.63, 3.8) is 0 Å². The van der Waals surface area contributed by atoms with Crippen LogP contribution in [0, 0.1) is 0 Å². The lowest BCUT2D eigenvalue weighted by molar-refractivity contribution is -0.120. The van der Waals surface area contributed by atoms with Crippen molar-refractivity contribution in [1.82, 2.24) is 5.06 Å². The number of halogens is 1. The molecule has 0 aliphatic carbocycles. The van der Waals surface area contributed by atoms with E-state index >= 15 is 0 Å². The lowest BCUT2D eigenvalue weighted by atomic mass is 10.2. The fourth-order valence-corrected chi connectivity index (χ4v) is 1.75. The van der Waals surface area contributed by atoms with Crippen LogP contribution in [0.1, 0.15) is 33.3 Å². The summed E-state index contributed by atoms with van der Waals surface area (Å²) in [6, 6.07) is 8.51. The molecule has 0 aliphatic rings. The Kier molecular flexibility index (Phi) is 5.26. The van der Waals surface area contributed by atoms with E-state index < -0.39 is 0 Å². The van der Waals surface area contributed by atoms with E-state index in [0.29, 0.717) is 18.7 Å². The Labute approximate surface area is 103 Å². The van der Waals surface area contributed by atoms with Crippen LogP contribution < -0.4 is 5.06 Å². The molecule has 0 spiro atoms. The molecule has 0 bridgehead atoms. The summed E-state index contributed by atoms with van der Waals surface area (Å²) in [7, 11) is 0. The number of hydroxylamine groups is 2. The van der Waals surface area contributed by atoms with Gasteiger partial charge in [-0.05, 0) is 50.5 Å². The normalized spacial score (nSPS) is 11.8. The average molecular weight is 242 g/mol. The smallest absolute Gasteiger partial charge is 0.143 e. The first kappa shape index (κ1) is 13.5. The third-order valence-corrected chi connectivity index (χ3v) is 2.56. The molecule has 1 aromatic carbocycles. The molecule has 0 saturated heterocycles. The van der Waals surface area contributed by atoms with Crippen LogP contribution in [0.5, 0.6) is 0 Å². The van der Waals surface area contributed by atoms with Gasteiger partial charge in [0.2, 0.25) is 0 Å². The predicted molar refractivity (Wildman–Crippen MR) is 68.6 cm³/mol. The van der Waals surface area contributed by atoms with E-state index in [-0.39, 0.29) is 0 Å². The Morgan fingerprint density at radius 1 is 1.06 bits per heavy atom. The summed E-state index contributed by atoms with van der Waals surface area (Å²) in [5.74, 6) is 0. The largest absolute Gasteiger partial charge is 0.164 e. The maximum atomic E-state index is 5.82. The Bertz CT molecular complexity index is 300. The van der Waals surface area contributed by atoms with Gasteiger partial charge in [0.05, 0.1) is 0 Å². The predicted octanol–water partition coefficient (Wildman–Crippen LogP) is 3.73. The number of nitrogens with zero attached hydrogens (tertiary/aromatic N) is 1. The van der Waals surface area contributed by atoms with E-state index in [9.17, 15) is 0 Å². The first-order valence-electron chi connectivity index (χ1n) is 5.66. The van der Waals surface area contributed by atoms with Gasteiger partial charge < -0.3 is 0 Å². The van der Waals surface area contributed by atoms with Gasteiger partial charge in [-0.1, -0.05) is 23.7 Å². The number of hydrogen-bond acceptors (Lipinski definition) is 2. The fourth-order valence-electron chi connectivity index (χ4n) is 1.62. The zero-order chi connectivity index (χ0) is 12.1. The number of benzene rings is 1. The minimum absolute atomic E-state index is 0.382. The van der Waals surface area contributed by atoms with Gasteiger partial charge in [-0.2, -0.15) is 0 Å². The SMILES string of the molecule is CC(C)[N+](OCc1ccc(Cl)cc1)C(C)C. The summed E-state index contributed by atoms with van der Waals surface area (Å²) in [5.41, 5.74) is 1.13. The van der Waals surface area contributed by atoms with E-state index in [1.54, 1.807) is 0 Å². The summed E-state index contributed by atoms with van der Waals surface area (Å²) in [5, 5.41) is 2.77. The van der Waals surface area contributed by atoms with Crippen LogP contribution in [0.3, 0.4) is 0 Å². The molecule has 0 N–H and O–H groups in total. The van der Waals surface area contributed by atoms with Gasteiger partial charge >= 0.3 is 0 Å². The zero-order valence-corrected chi connectivity index (χ0v) is 11.2. The molecule has 0 saturated carbocycles. The highest BCUT2D eigenvalue weighted by molar-refractivity contribution is 6.30. The highest BCUT2D eigenvalue weighted by Gasteiger charge is 2.26. The summed E-state index contributed by atoms with van der Waals surface area (Å²) < 4.78 is 0. The highest BCUT2D eigenvalue weighted by atomic mass is 35.5. The first-order valence-corrected chi connectivity index (χ1v) is 6.04. The lowest BCUT2D eigenvalue weighted by Crippen LogP contribution is -2.42. The quantitative estimate of drug-likeness (QED) is 0.566. The van der Waals surface area contributed by atoms with Gasteiger partial charge in [-0.3, -0.25) is 0 Å². The molecule has 0 heterocycles. The molecule has 0 aliphatic heterocycles. The van der Waals surface area contributed by atoms with E-state index in [1.807, 2.05) is 29.3 Å². The highest BCUT2D eigenvalue weighted by Crippen LogP contribution is 2.11. The van der Waals surface area contributed by atoms with Crippen molar-refractivity contribution in [3.8, 4) is 0 Å². The standard InChI is InChI=1S/C13H20ClNO/c1-10(2)15(11(3)4)16-9-12-5-7-13(14)8-6-12/h5-8,10-11H,9H2,1-4H3/q+1. The topological polar surface area (TPSA) is 15.1 Å². The molecule has 1 rings (SSSR count). The number of hydrogen-bond donors (Lipinski definition) is 0. The van der Waals surface area contributed by atoms with E-state index in [4.69, 9.17) is 16.4 Å². The van der Waals surface area contributed by atoms with E-state index in [0.717, 1.165) is 10.6 Å². The van der Waals surface area contributed by atoms with Crippen LogP contribution in [0.2, 0.25) is 5.02 Å². The fraction of sp³-hybridized carbons (Fsp3) is 0.538. The molecule has 0 atom stereocenters. The minimum Gasteiger partial charge on any atom is -0.143 e. The van der Waals surface area contributed by atoms with Gasteiger partial charge in [0.1, 0.15) is 6.61 Å². The van der Waals surface area contributed by atoms with Crippen molar-refractivity contribution < 1.29 is 4.84 Å². The van der Waals surface area contributed by atoms with Crippen molar-refractivity contribution in [2.45, 2.75) is 46.4 Å². The second kappa shape index (κ2) is 6.24. The second-order valence-corrected chi connectivity index (χ2v) is 4.88. The summed E-state index contributed by atoms with van der Waals surface area (Å²) in [4.78, 5) is 5.78. The van der Waals surface area contributed by atoms with Crippen molar-refractivity contribution in [1.29, 1.82) is 0 Å². The van der Waals surface area contributed by atoms with Gasteiger partial charge in [-0.15, -0.1) is 4.84 Å². The van der Waals surface area contributed by atoms with Crippen molar-refractivity contribution >= 4 is 11.6 Å². The molecule has 0 amide bonds. The monoisotopic (exact) mass is 241 g/mol. The van der Waals surface area contributed by atoms with E-state index in [1.165, 1.54) is 0 Å². The van der Waals surface area contributed by atoms with Crippen molar-refractivity contribution in [2.24, 2.45) is 0 Å². The Hall–Kier alpha value is -0.570. The van der Waals surface area contributed by atoms with Crippen LogP contribution in [0.15, 0.2) is 24.3 Å². The molecular weight excluding hydrogens is 222 g/mol. The lowest BCUT2D eigenvalue weighted by Gasteiger charge is -2.16. The molecule has 89 valence electrons. The van der Waals surface area contributed by atoms with Crippen LogP contribution in [-0.4, -0.2) is 12.1 Å². The average Bonchev–Trinajstić information content (AvgIpc) is 2.20. The van der Waals surface area contributed by atoms with Crippen LogP contribution in [0.25, 0.3) is 0 Å². The molecule has 2 nitrogen and oxygen atoms in total. The van der Waals surface area contributed by atoms with Gasteiger partial charge in [0.15, 0.2) is 12.1 Å². The first-order chi connectivity index (χ1) is 7.50. The summed E-state index contributed by atoms with van der Waals surface area (Å²) >= 11 is 5.82. The van der Waals surface area contributed by atoms with Crippen LogP contribution in [-0.2, 0) is 11.4 Å². The molecule has 0 unspecified atom stereocenters. The van der Waals surface area contributed by atoms with Gasteiger partial charge in [-0.25, -0.2) is 0 Å². The van der Waals surface area contributed by atoms with Gasteiger partial charge in [0, 0.05) is 5.02 Å². The molecule has 0 aromatic heterocycles. The number of rotatable bonds is 5. The molecular formula is C13H20ClNO+. The van der Waals surface area contributed by atoms with Crippen molar-refractivity contribution in [2.75, 3.05) is 0 Å². The van der Waals surface area contributed by atoms with Crippen molar-refractivity contribution in [3.05, 3.63) is 34.9 Å². The zero-order valence-electron chi connectivity index (χ0n) is 10.4. The molecule has 16 heavy (non-hydrogen) atoms. The summed E-state index contributed by atoms with van der Waals surface area (Å²) in [6.45, 7) is 9.10. The molecule has 3 heteroatoms. The second-order valence-electron chi connectivity index (χ2n) is 4.45. The molecule has 1 aromatic rings. The molecule has 0 fully saturated rings. The minimum atomic E-state index is 0.382. The maximum Gasteiger partial charge on any atom is 0.164 e.